The van der Waals surface area contributed by atoms with Crippen LogP contribution in [0.25, 0.3) is 12.2 Å². The molecule has 1 heterocycles. The maximum atomic E-state index is 4.06. The lowest BCUT2D eigenvalue weighted by Crippen LogP contribution is -1.71. The molecule has 76 valence electrons. The molecular weight excluding hydrogens is 224 g/mol. The van der Waals surface area contributed by atoms with Gasteiger partial charge in [-0.1, -0.05) is 59.5 Å². The Balaban J connectivity index is 2.11. The first-order valence-electron chi connectivity index (χ1n) is 4.49. The van der Waals surface area contributed by atoms with Crippen molar-refractivity contribution >= 4 is 35.3 Å². The highest BCUT2D eigenvalue weighted by Crippen LogP contribution is 2.20. The van der Waals surface area contributed by atoms with Gasteiger partial charge in [-0.15, -0.1) is 10.2 Å². The van der Waals surface area contributed by atoms with E-state index in [1.54, 1.807) is 23.1 Å². The van der Waals surface area contributed by atoms with Crippen molar-refractivity contribution in [2.24, 2.45) is 0 Å². The monoisotopic (exact) mass is 234 g/mol. The average Bonchev–Trinajstić information content (AvgIpc) is 2.76. The molecule has 0 aliphatic heterocycles. The number of nitrogens with zero attached hydrogens (tertiary/aromatic N) is 2. The average molecular weight is 234 g/mol. The molecule has 1 aromatic heterocycles. The van der Waals surface area contributed by atoms with E-state index in [-0.39, 0.29) is 0 Å². The summed E-state index contributed by atoms with van der Waals surface area (Å²) in [5, 5.41) is 9.04. The van der Waals surface area contributed by atoms with Crippen LogP contribution in [0.5, 0.6) is 0 Å². The van der Waals surface area contributed by atoms with Crippen LogP contribution in [0.4, 0.5) is 0 Å². The summed E-state index contributed by atoms with van der Waals surface area (Å²) >= 11 is 3.23. The molecule has 2 aromatic rings. The van der Waals surface area contributed by atoms with E-state index in [9.17, 15) is 0 Å². The van der Waals surface area contributed by atoms with Gasteiger partial charge in [0.05, 0.1) is 0 Å². The van der Waals surface area contributed by atoms with Crippen molar-refractivity contribution in [2.45, 2.75) is 4.34 Å². The van der Waals surface area contributed by atoms with Crippen molar-refractivity contribution in [3.05, 3.63) is 40.9 Å². The molecule has 2 rings (SSSR count). The summed E-state index contributed by atoms with van der Waals surface area (Å²) in [7, 11) is 0. The van der Waals surface area contributed by atoms with Gasteiger partial charge in [-0.05, 0) is 17.9 Å². The fraction of sp³-hybridized carbons (Fsp3) is 0.0909. The number of thioether (sulfide) groups is 1. The van der Waals surface area contributed by atoms with Crippen molar-refractivity contribution in [3.63, 3.8) is 0 Å². The van der Waals surface area contributed by atoms with Crippen molar-refractivity contribution in [3.8, 4) is 0 Å². The zero-order valence-corrected chi connectivity index (χ0v) is 9.89. The Morgan fingerprint density at radius 2 is 1.93 bits per heavy atom. The van der Waals surface area contributed by atoms with E-state index in [0.717, 1.165) is 9.35 Å². The third-order valence-corrected chi connectivity index (χ3v) is 3.68. The molecule has 0 radical (unpaired) electrons. The molecule has 0 saturated carbocycles. The van der Waals surface area contributed by atoms with Gasteiger partial charge in [-0.25, -0.2) is 0 Å². The lowest BCUT2D eigenvalue weighted by molar-refractivity contribution is 1.01. The Hall–Kier alpha value is -1.13. The first-order chi connectivity index (χ1) is 7.38. The lowest BCUT2D eigenvalue weighted by atomic mass is 10.2. The molecule has 2 nitrogen and oxygen atoms in total. The second kappa shape index (κ2) is 5.09. The van der Waals surface area contributed by atoms with Crippen LogP contribution in [0.1, 0.15) is 10.6 Å². The summed E-state index contributed by atoms with van der Waals surface area (Å²) in [6, 6.07) is 10.2. The maximum absolute atomic E-state index is 4.06. The highest BCUT2D eigenvalue weighted by atomic mass is 32.2. The van der Waals surface area contributed by atoms with Gasteiger partial charge in [0.1, 0.15) is 5.01 Å². The van der Waals surface area contributed by atoms with Gasteiger partial charge < -0.3 is 0 Å². The van der Waals surface area contributed by atoms with Crippen molar-refractivity contribution in [1.82, 2.24) is 10.2 Å². The highest BCUT2D eigenvalue weighted by Gasteiger charge is 1.98. The molecule has 0 unspecified atom stereocenters. The summed E-state index contributed by atoms with van der Waals surface area (Å²) in [4.78, 5) is 0. The zero-order valence-electron chi connectivity index (χ0n) is 8.25. The third kappa shape index (κ3) is 2.91. The standard InChI is InChI=1S/C11H10N2S2/c1-14-11-13-12-10(15-11)8-7-9-5-3-2-4-6-9/h2-8H,1H3/b8-7+. The van der Waals surface area contributed by atoms with E-state index >= 15 is 0 Å². The molecule has 4 heteroatoms. The van der Waals surface area contributed by atoms with E-state index < -0.39 is 0 Å². The van der Waals surface area contributed by atoms with Crippen LogP contribution in [0, 0.1) is 0 Å². The minimum atomic E-state index is 0.947. The minimum Gasteiger partial charge on any atom is -0.138 e. The first kappa shape index (κ1) is 10.4. The van der Waals surface area contributed by atoms with Gasteiger partial charge in [-0.2, -0.15) is 0 Å². The van der Waals surface area contributed by atoms with Crippen LogP contribution in [-0.2, 0) is 0 Å². The SMILES string of the molecule is CSc1nnc(/C=C/c2ccccc2)s1. The smallest absolute Gasteiger partial charge is 0.138 e. The Morgan fingerprint density at radius 3 is 2.60 bits per heavy atom. The fourth-order valence-electron chi connectivity index (χ4n) is 1.10. The van der Waals surface area contributed by atoms with Crippen molar-refractivity contribution < 1.29 is 0 Å². The summed E-state index contributed by atoms with van der Waals surface area (Å²) in [6.07, 6.45) is 6.04. The minimum absolute atomic E-state index is 0.947. The van der Waals surface area contributed by atoms with Crippen LogP contribution in [0.15, 0.2) is 34.7 Å². The molecule has 0 amide bonds. The molecule has 15 heavy (non-hydrogen) atoms. The van der Waals surface area contributed by atoms with Gasteiger partial charge in [0.2, 0.25) is 0 Å². The van der Waals surface area contributed by atoms with Gasteiger partial charge in [-0.3, -0.25) is 0 Å². The Labute approximate surface area is 97.1 Å². The molecule has 0 bridgehead atoms. The highest BCUT2D eigenvalue weighted by molar-refractivity contribution is 8.00. The van der Waals surface area contributed by atoms with E-state index in [4.69, 9.17) is 0 Å². The Bertz CT molecular complexity index is 449. The van der Waals surface area contributed by atoms with Crippen LogP contribution in [0.2, 0.25) is 0 Å². The molecule has 0 N–H and O–H groups in total. The Morgan fingerprint density at radius 1 is 1.13 bits per heavy atom. The number of rotatable bonds is 3. The molecule has 0 aliphatic carbocycles. The van der Waals surface area contributed by atoms with Crippen LogP contribution < -0.4 is 0 Å². The molecule has 0 fully saturated rings. The van der Waals surface area contributed by atoms with E-state index in [2.05, 4.69) is 22.3 Å². The van der Waals surface area contributed by atoms with Crippen LogP contribution in [-0.4, -0.2) is 16.5 Å². The zero-order chi connectivity index (χ0) is 10.5. The lowest BCUT2D eigenvalue weighted by Gasteiger charge is -1.88. The number of aromatic nitrogens is 2. The predicted octanol–water partition coefficient (Wildman–Crippen LogP) is 3.43. The molecule has 1 aromatic carbocycles. The van der Waals surface area contributed by atoms with Crippen molar-refractivity contribution in [2.75, 3.05) is 6.26 Å². The third-order valence-electron chi connectivity index (χ3n) is 1.81. The summed E-state index contributed by atoms with van der Waals surface area (Å²) < 4.78 is 1.00. The van der Waals surface area contributed by atoms with Gasteiger partial charge >= 0.3 is 0 Å². The van der Waals surface area contributed by atoms with Gasteiger partial charge in [0.15, 0.2) is 4.34 Å². The molecular formula is C11H10N2S2. The summed E-state index contributed by atoms with van der Waals surface area (Å²) in [6.45, 7) is 0. The molecule has 0 aliphatic rings. The molecule has 0 saturated heterocycles. The fourth-order valence-corrected chi connectivity index (χ4v) is 2.29. The molecule has 0 atom stereocenters. The summed E-state index contributed by atoms with van der Waals surface area (Å²) in [5.74, 6) is 0. The van der Waals surface area contributed by atoms with Gasteiger partial charge in [0, 0.05) is 0 Å². The van der Waals surface area contributed by atoms with E-state index in [1.807, 2.05) is 36.6 Å². The first-order valence-corrected chi connectivity index (χ1v) is 6.53. The number of hydrogen-bond acceptors (Lipinski definition) is 4. The Kier molecular flexibility index (Phi) is 3.53. The van der Waals surface area contributed by atoms with Crippen LogP contribution >= 0.6 is 23.1 Å². The van der Waals surface area contributed by atoms with Crippen molar-refractivity contribution in [1.29, 1.82) is 0 Å². The topological polar surface area (TPSA) is 25.8 Å². The largest absolute Gasteiger partial charge is 0.174 e. The number of hydrogen-bond donors (Lipinski definition) is 0. The van der Waals surface area contributed by atoms with Crippen LogP contribution in [0.3, 0.4) is 0 Å². The van der Waals surface area contributed by atoms with E-state index in [0.29, 0.717) is 0 Å². The second-order valence-corrected chi connectivity index (χ2v) is 4.92. The maximum Gasteiger partial charge on any atom is 0.174 e. The van der Waals surface area contributed by atoms with E-state index in [1.165, 1.54) is 5.56 Å². The normalized spacial score (nSPS) is 11.0. The van der Waals surface area contributed by atoms with Gasteiger partial charge in [0.25, 0.3) is 0 Å². The number of benzene rings is 1. The second-order valence-electron chi connectivity index (χ2n) is 2.85. The molecule has 0 spiro atoms. The quantitative estimate of drug-likeness (QED) is 0.761. The summed E-state index contributed by atoms with van der Waals surface area (Å²) in [5.41, 5.74) is 1.18. The predicted molar refractivity (Wildman–Crippen MR) is 67.1 cm³/mol.